The highest BCUT2D eigenvalue weighted by Gasteiger charge is 2.18. The van der Waals surface area contributed by atoms with Gasteiger partial charge >= 0.3 is 0 Å². The lowest BCUT2D eigenvalue weighted by molar-refractivity contribution is 0.0990. The molecule has 2 aromatic rings. The van der Waals surface area contributed by atoms with Gasteiger partial charge in [0.25, 0.3) is 0 Å². The summed E-state index contributed by atoms with van der Waals surface area (Å²) in [6.07, 6.45) is 0.259. The van der Waals surface area contributed by atoms with Gasteiger partial charge in [0.2, 0.25) is 0 Å². The van der Waals surface area contributed by atoms with E-state index in [9.17, 15) is 4.79 Å². The first-order valence-electron chi connectivity index (χ1n) is 6.45. The van der Waals surface area contributed by atoms with Crippen LogP contribution in [0, 0.1) is 13.8 Å². The standard InChI is InChI=1S/C15H16BrClN2O/c1-4-19-13(15(17)10(3)18-19)8-14(20)11-6-5-9(2)7-12(11)16/h5-7H,4,8H2,1-3H3. The molecule has 0 unspecified atom stereocenters. The SMILES string of the molecule is CCn1nc(C)c(Cl)c1CC(=O)c1ccc(C)cc1Br. The Bertz CT molecular complexity index is 664. The molecule has 0 radical (unpaired) electrons. The first-order valence-corrected chi connectivity index (χ1v) is 7.62. The lowest BCUT2D eigenvalue weighted by atomic mass is 10.0. The minimum atomic E-state index is 0.0355. The van der Waals surface area contributed by atoms with E-state index >= 15 is 0 Å². The van der Waals surface area contributed by atoms with E-state index < -0.39 is 0 Å². The van der Waals surface area contributed by atoms with Crippen LogP contribution in [0.5, 0.6) is 0 Å². The summed E-state index contributed by atoms with van der Waals surface area (Å²) in [6, 6.07) is 5.72. The number of aromatic nitrogens is 2. The second kappa shape index (κ2) is 6.10. The molecule has 1 heterocycles. The number of rotatable bonds is 4. The third-order valence-corrected chi connectivity index (χ3v) is 4.35. The van der Waals surface area contributed by atoms with Crippen LogP contribution < -0.4 is 0 Å². The lowest BCUT2D eigenvalue weighted by Gasteiger charge is -2.07. The Morgan fingerprint density at radius 1 is 1.40 bits per heavy atom. The van der Waals surface area contributed by atoms with Gasteiger partial charge in [0, 0.05) is 16.6 Å². The van der Waals surface area contributed by atoms with Crippen molar-refractivity contribution in [1.29, 1.82) is 0 Å². The van der Waals surface area contributed by atoms with Gasteiger partial charge in [-0.05, 0) is 38.5 Å². The minimum Gasteiger partial charge on any atom is -0.294 e. The highest BCUT2D eigenvalue weighted by Crippen LogP contribution is 2.24. The van der Waals surface area contributed by atoms with Gasteiger partial charge in [-0.1, -0.05) is 33.6 Å². The largest absolute Gasteiger partial charge is 0.294 e. The first-order chi connectivity index (χ1) is 9.43. The van der Waals surface area contributed by atoms with E-state index in [1.54, 1.807) is 4.68 Å². The van der Waals surface area contributed by atoms with Gasteiger partial charge in [0.15, 0.2) is 5.78 Å². The normalized spacial score (nSPS) is 10.8. The fraction of sp³-hybridized carbons (Fsp3) is 0.333. The predicted octanol–water partition coefficient (Wildman–Crippen LogP) is 4.36. The second-order valence-electron chi connectivity index (χ2n) is 4.75. The molecule has 106 valence electrons. The number of benzene rings is 1. The maximum absolute atomic E-state index is 12.4. The zero-order valence-electron chi connectivity index (χ0n) is 11.7. The van der Waals surface area contributed by atoms with E-state index in [0.29, 0.717) is 17.1 Å². The van der Waals surface area contributed by atoms with Gasteiger partial charge in [-0.25, -0.2) is 0 Å². The number of carbonyl (C=O) groups is 1. The van der Waals surface area contributed by atoms with Crippen molar-refractivity contribution in [1.82, 2.24) is 9.78 Å². The maximum atomic E-state index is 12.4. The molecule has 3 nitrogen and oxygen atoms in total. The van der Waals surface area contributed by atoms with E-state index in [-0.39, 0.29) is 12.2 Å². The van der Waals surface area contributed by atoms with E-state index in [0.717, 1.165) is 21.4 Å². The quantitative estimate of drug-likeness (QED) is 0.764. The Hall–Kier alpha value is -1.13. The highest BCUT2D eigenvalue weighted by molar-refractivity contribution is 9.10. The number of Topliss-reactive ketones (excluding diaryl/α,β-unsaturated/α-hetero) is 1. The number of ketones is 1. The molecule has 0 atom stereocenters. The van der Waals surface area contributed by atoms with Crippen molar-refractivity contribution < 1.29 is 4.79 Å². The molecule has 0 bridgehead atoms. The lowest BCUT2D eigenvalue weighted by Crippen LogP contribution is -2.10. The number of hydrogen-bond acceptors (Lipinski definition) is 2. The summed E-state index contributed by atoms with van der Waals surface area (Å²) in [5, 5.41) is 4.92. The summed E-state index contributed by atoms with van der Waals surface area (Å²) < 4.78 is 2.61. The molecular weight excluding hydrogens is 340 g/mol. The van der Waals surface area contributed by atoms with E-state index in [1.807, 2.05) is 39.0 Å². The molecule has 0 N–H and O–H groups in total. The van der Waals surface area contributed by atoms with Crippen molar-refractivity contribution in [2.24, 2.45) is 0 Å². The Balaban J connectivity index is 2.32. The third kappa shape index (κ3) is 2.96. The number of aryl methyl sites for hydroxylation is 3. The third-order valence-electron chi connectivity index (χ3n) is 3.21. The molecule has 5 heteroatoms. The van der Waals surface area contributed by atoms with Crippen molar-refractivity contribution >= 4 is 33.3 Å². The number of halogens is 2. The van der Waals surface area contributed by atoms with Gasteiger partial charge in [0.05, 0.1) is 22.8 Å². The summed E-state index contributed by atoms with van der Waals surface area (Å²) in [5.41, 5.74) is 3.33. The Labute approximate surface area is 132 Å². The van der Waals surface area contributed by atoms with Crippen LogP contribution in [0.2, 0.25) is 5.02 Å². The van der Waals surface area contributed by atoms with Crippen molar-refractivity contribution in [2.75, 3.05) is 0 Å². The zero-order chi connectivity index (χ0) is 14.9. The number of carbonyl (C=O) groups excluding carboxylic acids is 1. The molecule has 20 heavy (non-hydrogen) atoms. The summed E-state index contributed by atoms with van der Waals surface area (Å²) in [4.78, 5) is 12.4. The molecule has 0 saturated carbocycles. The topological polar surface area (TPSA) is 34.9 Å². The molecule has 0 saturated heterocycles. The van der Waals surface area contributed by atoms with Crippen LogP contribution in [-0.2, 0) is 13.0 Å². The average molecular weight is 356 g/mol. The van der Waals surface area contributed by atoms with Crippen molar-refractivity contribution in [3.05, 3.63) is 50.2 Å². The van der Waals surface area contributed by atoms with Crippen LogP contribution in [0.1, 0.15) is 34.2 Å². The molecule has 0 spiro atoms. The van der Waals surface area contributed by atoms with Crippen LogP contribution in [0.15, 0.2) is 22.7 Å². The smallest absolute Gasteiger partial charge is 0.169 e. The molecule has 0 aliphatic heterocycles. The molecule has 0 aliphatic rings. The van der Waals surface area contributed by atoms with Crippen LogP contribution in [0.3, 0.4) is 0 Å². The Kier molecular flexibility index (Phi) is 4.66. The van der Waals surface area contributed by atoms with E-state index in [2.05, 4.69) is 21.0 Å². The zero-order valence-corrected chi connectivity index (χ0v) is 14.0. The first kappa shape index (κ1) is 15.3. The summed E-state index contributed by atoms with van der Waals surface area (Å²) in [5.74, 6) is 0.0355. The monoisotopic (exact) mass is 354 g/mol. The molecule has 0 fully saturated rings. The van der Waals surface area contributed by atoms with E-state index in [4.69, 9.17) is 11.6 Å². The van der Waals surface area contributed by atoms with Crippen molar-refractivity contribution in [3.63, 3.8) is 0 Å². The fourth-order valence-corrected chi connectivity index (χ4v) is 3.05. The summed E-state index contributed by atoms with van der Waals surface area (Å²) in [6.45, 7) is 6.53. The molecule has 1 aromatic heterocycles. The number of hydrogen-bond donors (Lipinski definition) is 0. The molecule has 0 aliphatic carbocycles. The summed E-state index contributed by atoms with van der Waals surface area (Å²) in [7, 11) is 0. The van der Waals surface area contributed by atoms with Gasteiger partial charge in [0.1, 0.15) is 0 Å². The Morgan fingerprint density at radius 2 is 2.10 bits per heavy atom. The predicted molar refractivity (Wildman–Crippen MR) is 84.6 cm³/mol. The molecule has 1 aromatic carbocycles. The summed E-state index contributed by atoms with van der Waals surface area (Å²) >= 11 is 9.69. The van der Waals surface area contributed by atoms with Gasteiger partial charge in [-0.15, -0.1) is 0 Å². The van der Waals surface area contributed by atoms with E-state index in [1.165, 1.54) is 0 Å². The van der Waals surface area contributed by atoms with Crippen LogP contribution in [0.4, 0.5) is 0 Å². The van der Waals surface area contributed by atoms with Gasteiger partial charge < -0.3 is 0 Å². The van der Waals surface area contributed by atoms with Crippen molar-refractivity contribution in [3.8, 4) is 0 Å². The minimum absolute atomic E-state index is 0.0355. The van der Waals surface area contributed by atoms with Gasteiger partial charge in [-0.3, -0.25) is 9.48 Å². The highest BCUT2D eigenvalue weighted by atomic mass is 79.9. The molecule has 2 rings (SSSR count). The molecular formula is C15H16BrClN2O. The molecule has 0 amide bonds. The number of nitrogens with zero attached hydrogens (tertiary/aromatic N) is 2. The fourth-order valence-electron chi connectivity index (χ4n) is 2.13. The Morgan fingerprint density at radius 3 is 2.70 bits per heavy atom. The maximum Gasteiger partial charge on any atom is 0.169 e. The van der Waals surface area contributed by atoms with Gasteiger partial charge in [-0.2, -0.15) is 5.10 Å². The van der Waals surface area contributed by atoms with Crippen LogP contribution in [0.25, 0.3) is 0 Å². The average Bonchev–Trinajstić information content (AvgIpc) is 2.66. The van der Waals surface area contributed by atoms with Crippen molar-refractivity contribution in [2.45, 2.75) is 33.7 Å². The van der Waals surface area contributed by atoms with Crippen LogP contribution >= 0.6 is 27.5 Å². The van der Waals surface area contributed by atoms with Crippen LogP contribution in [-0.4, -0.2) is 15.6 Å². The second-order valence-corrected chi connectivity index (χ2v) is 5.98.